The molecule has 0 aliphatic rings. The number of carboxylic acid groups (broad SMARTS) is 2. The maximum absolute atomic E-state index is 10.2. The Labute approximate surface area is 89.7 Å². The van der Waals surface area contributed by atoms with E-state index in [0.29, 0.717) is 0 Å². The molecule has 1 radical (unpaired) electrons. The molecule has 0 spiro atoms. The molecule has 0 unspecified atom stereocenters. The van der Waals surface area contributed by atoms with Gasteiger partial charge in [-0.05, 0) is 11.1 Å². The SMILES string of the molecule is O=C([O-])c1ccc(C(=O)[O-])cc1.[Ag+2]. The Hall–Kier alpha value is -1.10. The van der Waals surface area contributed by atoms with Gasteiger partial charge in [0.2, 0.25) is 0 Å². The number of carbonyl (C=O) groups excluding carboxylic acids is 2. The van der Waals surface area contributed by atoms with Gasteiger partial charge in [-0.15, -0.1) is 0 Å². The molecule has 0 aromatic heterocycles. The molecule has 71 valence electrons. The maximum Gasteiger partial charge on any atom is 2.00 e. The minimum Gasteiger partial charge on any atom is -0.545 e. The Balaban J connectivity index is 0.00000144. The number of carboxylic acids is 2. The molecule has 0 bridgehead atoms. The molecular formula is C8H4AgO4. The Kier molecular flexibility index (Phi) is 4.41. The van der Waals surface area contributed by atoms with E-state index in [0.717, 1.165) is 24.3 Å². The Morgan fingerprint density at radius 2 is 1.08 bits per heavy atom. The molecule has 1 aromatic rings. The molecule has 0 amide bonds. The van der Waals surface area contributed by atoms with Crippen LogP contribution in [0.5, 0.6) is 0 Å². The Morgan fingerprint density at radius 1 is 0.846 bits per heavy atom. The molecule has 1 rings (SSSR count). The van der Waals surface area contributed by atoms with Crippen molar-refractivity contribution >= 4 is 11.9 Å². The third-order valence-corrected chi connectivity index (χ3v) is 1.36. The van der Waals surface area contributed by atoms with Crippen LogP contribution in [-0.2, 0) is 22.4 Å². The van der Waals surface area contributed by atoms with Gasteiger partial charge in [-0.1, -0.05) is 24.3 Å². The van der Waals surface area contributed by atoms with Crippen LogP contribution in [0, 0.1) is 0 Å². The van der Waals surface area contributed by atoms with E-state index in [1.165, 1.54) is 0 Å². The zero-order chi connectivity index (χ0) is 9.14. The van der Waals surface area contributed by atoms with E-state index < -0.39 is 11.9 Å². The normalized spacial score (nSPS) is 8.62. The third kappa shape index (κ3) is 3.02. The molecule has 0 heterocycles. The molecule has 0 fully saturated rings. The average molecular weight is 272 g/mol. The van der Waals surface area contributed by atoms with Crippen molar-refractivity contribution in [2.75, 3.05) is 0 Å². The Bertz CT molecular complexity index is 284. The largest absolute Gasteiger partial charge is 2.00 e. The predicted molar refractivity (Wildman–Crippen MR) is 35.1 cm³/mol. The molecule has 0 saturated carbocycles. The summed E-state index contributed by atoms with van der Waals surface area (Å²) in [5.41, 5.74) is -0.111. The molecule has 5 heteroatoms. The van der Waals surface area contributed by atoms with Crippen molar-refractivity contribution in [3.05, 3.63) is 35.4 Å². The van der Waals surface area contributed by atoms with E-state index in [4.69, 9.17) is 0 Å². The number of hydrogen-bond donors (Lipinski definition) is 0. The van der Waals surface area contributed by atoms with Gasteiger partial charge in [-0.2, -0.15) is 0 Å². The van der Waals surface area contributed by atoms with E-state index in [1.54, 1.807) is 0 Å². The number of rotatable bonds is 2. The second-order valence-electron chi connectivity index (χ2n) is 2.15. The first-order valence-electron chi connectivity index (χ1n) is 3.14. The third-order valence-electron chi connectivity index (χ3n) is 1.36. The van der Waals surface area contributed by atoms with Crippen molar-refractivity contribution < 1.29 is 42.2 Å². The maximum atomic E-state index is 10.2. The summed E-state index contributed by atoms with van der Waals surface area (Å²) in [5, 5.41) is 20.4. The van der Waals surface area contributed by atoms with Crippen LogP contribution in [0.3, 0.4) is 0 Å². The summed E-state index contributed by atoms with van der Waals surface area (Å²) in [6, 6.07) is 4.61. The monoisotopic (exact) mass is 271 g/mol. The van der Waals surface area contributed by atoms with Gasteiger partial charge in [0, 0.05) is 0 Å². The fourth-order valence-electron chi connectivity index (χ4n) is 0.742. The quantitative estimate of drug-likeness (QED) is 0.608. The Morgan fingerprint density at radius 3 is 1.23 bits per heavy atom. The molecule has 0 N–H and O–H groups in total. The van der Waals surface area contributed by atoms with E-state index >= 15 is 0 Å². The van der Waals surface area contributed by atoms with Gasteiger partial charge < -0.3 is 19.8 Å². The van der Waals surface area contributed by atoms with Crippen molar-refractivity contribution in [1.82, 2.24) is 0 Å². The van der Waals surface area contributed by atoms with Crippen LogP contribution in [0.2, 0.25) is 0 Å². The molecule has 4 nitrogen and oxygen atoms in total. The van der Waals surface area contributed by atoms with Crippen LogP contribution >= 0.6 is 0 Å². The molecular weight excluding hydrogens is 268 g/mol. The summed E-state index contributed by atoms with van der Waals surface area (Å²) in [7, 11) is 0. The van der Waals surface area contributed by atoms with Crippen LogP contribution in [-0.4, -0.2) is 11.9 Å². The topological polar surface area (TPSA) is 80.3 Å². The van der Waals surface area contributed by atoms with Crippen molar-refractivity contribution in [2.45, 2.75) is 0 Å². The summed E-state index contributed by atoms with van der Waals surface area (Å²) < 4.78 is 0. The standard InChI is InChI=1S/C8H6O4.Ag/c9-7(10)5-1-2-6(4-3-5)8(11)12;/h1-4H,(H,9,10)(H,11,12);/q;+2/p-2. The van der Waals surface area contributed by atoms with Gasteiger partial charge in [-0.3, -0.25) is 0 Å². The van der Waals surface area contributed by atoms with Gasteiger partial charge in [-0.25, -0.2) is 0 Å². The number of aromatic carboxylic acids is 2. The molecule has 1 aromatic carbocycles. The fourth-order valence-corrected chi connectivity index (χ4v) is 0.742. The predicted octanol–water partition coefficient (Wildman–Crippen LogP) is -1.59. The minimum atomic E-state index is -1.33. The van der Waals surface area contributed by atoms with Crippen molar-refractivity contribution in [1.29, 1.82) is 0 Å². The van der Waals surface area contributed by atoms with Gasteiger partial charge >= 0.3 is 22.4 Å². The van der Waals surface area contributed by atoms with Crippen LogP contribution in [0.25, 0.3) is 0 Å². The minimum absolute atomic E-state index is 0. The summed E-state index contributed by atoms with van der Waals surface area (Å²) in [6.07, 6.45) is 0. The van der Waals surface area contributed by atoms with E-state index in [-0.39, 0.29) is 33.5 Å². The van der Waals surface area contributed by atoms with Gasteiger partial charge in [0.05, 0.1) is 11.9 Å². The number of carbonyl (C=O) groups is 2. The number of benzene rings is 1. The smallest absolute Gasteiger partial charge is 0.545 e. The van der Waals surface area contributed by atoms with Crippen LogP contribution < -0.4 is 10.2 Å². The van der Waals surface area contributed by atoms with Gasteiger partial charge in [0.25, 0.3) is 0 Å². The molecule has 0 saturated heterocycles. The summed E-state index contributed by atoms with van der Waals surface area (Å²) in [6.45, 7) is 0. The summed E-state index contributed by atoms with van der Waals surface area (Å²) in [5.74, 6) is -2.67. The van der Waals surface area contributed by atoms with Gasteiger partial charge in [0.1, 0.15) is 0 Å². The van der Waals surface area contributed by atoms with E-state index in [9.17, 15) is 19.8 Å². The van der Waals surface area contributed by atoms with Crippen molar-refractivity contribution in [3.8, 4) is 0 Å². The van der Waals surface area contributed by atoms with Crippen molar-refractivity contribution in [2.24, 2.45) is 0 Å². The molecule has 0 atom stereocenters. The summed E-state index contributed by atoms with van der Waals surface area (Å²) in [4.78, 5) is 20.4. The second-order valence-corrected chi connectivity index (χ2v) is 2.15. The van der Waals surface area contributed by atoms with Crippen molar-refractivity contribution in [3.63, 3.8) is 0 Å². The summed E-state index contributed by atoms with van der Waals surface area (Å²) >= 11 is 0. The van der Waals surface area contributed by atoms with Gasteiger partial charge in [0.15, 0.2) is 0 Å². The first-order valence-corrected chi connectivity index (χ1v) is 3.14. The molecule has 0 aliphatic carbocycles. The fraction of sp³-hybridized carbons (Fsp3) is 0. The number of hydrogen-bond acceptors (Lipinski definition) is 4. The van der Waals surface area contributed by atoms with E-state index in [1.807, 2.05) is 0 Å². The zero-order valence-electron chi connectivity index (χ0n) is 6.24. The van der Waals surface area contributed by atoms with E-state index in [2.05, 4.69) is 0 Å². The first kappa shape index (κ1) is 11.9. The van der Waals surface area contributed by atoms with Crippen LogP contribution in [0.4, 0.5) is 0 Å². The molecule has 13 heavy (non-hydrogen) atoms. The zero-order valence-corrected chi connectivity index (χ0v) is 7.73. The van der Waals surface area contributed by atoms with Crippen LogP contribution in [0.1, 0.15) is 20.7 Å². The van der Waals surface area contributed by atoms with Crippen LogP contribution in [0.15, 0.2) is 24.3 Å². The average Bonchev–Trinajstić information content (AvgIpc) is 2.04. The second kappa shape index (κ2) is 4.81. The molecule has 0 aliphatic heterocycles. The first-order chi connectivity index (χ1) is 5.61.